The molecule has 13 heavy (non-hydrogen) atoms. The number of benzene rings is 1. The van der Waals surface area contributed by atoms with Gasteiger partial charge in [-0.05, 0) is 0 Å². The van der Waals surface area contributed by atoms with Crippen molar-refractivity contribution in [1.29, 1.82) is 0 Å². The molecule has 0 spiro atoms. The molecule has 0 saturated heterocycles. The summed E-state index contributed by atoms with van der Waals surface area (Å²) in [6.45, 7) is -2.78. The fraction of sp³-hybridized carbons (Fsp3) is 0.143. The zero-order valence-electron chi connectivity index (χ0n) is 6.52. The van der Waals surface area contributed by atoms with Gasteiger partial charge in [0.15, 0.2) is 0 Å². The molecule has 1 rings (SSSR count). The van der Waals surface area contributed by atoms with Crippen LogP contribution in [0.25, 0.3) is 0 Å². The summed E-state index contributed by atoms with van der Waals surface area (Å²) < 4.78 is 27.2. The molecule has 0 unspecified atom stereocenters. The van der Waals surface area contributed by atoms with Gasteiger partial charge in [-0.2, -0.15) is 0 Å². The summed E-state index contributed by atoms with van der Waals surface area (Å²) in [5.74, 6) is 0.120. The van der Waals surface area contributed by atoms with Gasteiger partial charge in [-0.1, -0.05) is 0 Å². The van der Waals surface area contributed by atoms with Crippen LogP contribution in [0.1, 0.15) is 0 Å². The number of rotatable bonds is 2. The van der Waals surface area contributed by atoms with Crippen molar-refractivity contribution < 1.29 is 24.5 Å². The molecule has 3 nitrogen and oxygen atoms in total. The van der Waals surface area contributed by atoms with Crippen LogP contribution in [0.4, 0.5) is 8.78 Å². The van der Waals surface area contributed by atoms with Gasteiger partial charge in [0.1, 0.15) is 0 Å². The van der Waals surface area contributed by atoms with Gasteiger partial charge in [0.2, 0.25) is 0 Å². The maximum absolute atomic E-state index is 11.6. The van der Waals surface area contributed by atoms with E-state index in [2.05, 4.69) is 4.74 Å². The maximum Gasteiger partial charge on any atom is -0.870 e. The summed E-state index contributed by atoms with van der Waals surface area (Å²) in [5.41, 5.74) is 0.520. The molecule has 0 bridgehead atoms. The first-order chi connectivity index (χ1) is 5.18. The van der Waals surface area contributed by atoms with Crippen LogP contribution in [0, 0.1) is 0 Å². The van der Waals surface area contributed by atoms with Crippen molar-refractivity contribution in [3.63, 3.8) is 0 Å². The third kappa shape index (κ3) is 5.16. The van der Waals surface area contributed by atoms with Crippen molar-refractivity contribution in [2.45, 2.75) is 6.61 Å². The minimum Gasteiger partial charge on any atom is -0.870 e. The van der Waals surface area contributed by atoms with Crippen LogP contribution >= 0.6 is 0 Å². The molecule has 0 radical (unpaired) electrons. The monoisotopic (exact) mass is 188 g/mol. The molecule has 0 aliphatic rings. The third-order valence-corrected chi connectivity index (χ3v) is 1.11. The number of alkyl halides is 2. The smallest absolute Gasteiger partial charge is 0.870 e. The molecule has 70 valence electrons. The van der Waals surface area contributed by atoms with Crippen molar-refractivity contribution in [3.8, 4) is 5.75 Å². The van der Waals surface area contributed by atoms with Crippen LogP contribution in [-0.4, -0.2) is 25.4 Å². The molecular formula is C7H7BF2O3. The predicted octanol–water partition coefficient (Wildman–Crippen LogP) is 0.728. The molecule has 0 aliphatic carbocycles. The van der Waals surface area contributed by atoms with Crippen molar-refractivity contribution in [1.82, 2.24) is 0 Å². The molecule has 1 aromatic carbocycles. The van der Waals surface area contributed by atoms with Crippen molar-refractivity contribution in [2.75, 3.05) is 0 Å². The Morgan fingerprint density at radius 3 is 1.92 bits per heavy atom. The van der Waals surface area contributed by atoms with E-state index < -0.39 is 6.61 Å². The van der Waals surface area contributed by atoms with E-state index in [-0.39, 0.29) is 16.7 Å². The minimum atomic E-state index is -2.78. The standard InChI is InChI=1S/C7H5BF2O.2H2O/c8-5-1-3-6(4-2-5)11-7(9)10;;/h1-4,7H;2*1H2/q+2;;/p-2. The Kier molecular flexibility index (Phi) is 7.07. The Balaban J connectivity index is 0. The van der Waals surface area contributed by atoms with E-state index in [1.54, 1.807) is 0 Å². The van der Waals surface area contributed by atoms with Gasteiger partial charge in [-0.25, -0.2) is 0 Å². The average molecular weight is 188 g/mol. The Morgan fingerprint density at radius 2 is 1.54 bits per heavy atom. The predicted molar refractivity (Wildman–Crippen MR) is 42.3 cm³/mol. The Labute approximate surface area is 75.4 Å². The first-order valence-electron chi connectivity index (χ1n) is 2.99. The number of hydrogen-bond donors (Lipinski definition) is 0. The first kappa shape index (κ1) is 14.4. The topological polar surface area (TPSA) is 69.2 Å². The van der Waals surface area contributed by atoms with Gasteiger partial charge in [-0.3, -0.25) is 0 Å². The van der Waals surface area contributed by atoms with E-state index in [1.807, 2.05) is 0 Å². The van der Waals surface area contributed by atoms with Crippen molar-refractivity contribution in [2.24, 2.45) is 0 Å². The van der Waals surface area contributed by atoms with Crippen LogP contribution in [0.15, 0.2) is 24.3 Å². The van der Waals surface area contributed by atoms with Gasteiger partial charge in [0.25, 0.3) is 0 Å². The van der Waals surface area contributed by atoms with Crippen LogP contribution in [0.3, 0.4) is 0 Å². The first-order valence-corrected chi connectivity index (χ1v) is 2.99. The van der Waals surface area contributed by atoms with E-state index in [1.165, 1.54) is 24.3 Å². The van der Waals surface area contributed by atoms with Crippen molar-refractivity contribution >= 4 is 13.3 Å². The molecule has 0 heterocycles. The van der Waals surface area contributed by atoms with Gasteiger partial charge in [-0.15, -0.1) is 0 Å². The SMILES string of the molecule is [B+2]c1ccc(OC(F)F)cc1.[OH-].[OH-]. The average Bonchev–Trinajstić information content (AvgIpc) is 1.93. The summed E-state index contributed by atoms with van der Waals surface area (Å²) >= 11 is 0. The Hall–Kier alpha value is -1.14. The summed E-state index contributed by atoms with van der Waals surface area (Å²) in [5, 5.41) is 0. The van der Waals surface area contributed by atoms with Crippen LogP contribution in [-0.2, 0) is 0 Å². The minimum absolute atomic E-state index is 0. The zero-order valence-corrected chi connectivity index (χ0v) is 6.52. The summed E-state index contributed by atoms with van der Waals surface area (Å²) in [6.07, 6.45) is 0. The summed E-state index contributed by atoms with van der Waals surface area (Å²) in [4.78, 5) is 0. The van der Waals surface area contributed by atoms with E-state index in [4.69, 9.17) is 7.85 Å². The largest absolute Gasteiger partial charge is 0.870 e. The fourth-order valence-corrected chi connectivity index (χ4v) is 0.649. The van der Waals surface area contributed by atoms with Crippen LogP contribution in [0.5, 0.6) is 5.75 Å². The second-order valence-electron chi connectivity index (χ2n) is 1.95. The van der Waals surface area contributed by atoms with E-state index >= 15 is 0 Å². The number of hydrogen-bond acceptors (Lipinski definition) is 3. The number of ether oxygens (including phenoxy) is 1. The van der Waals surface area contributed by atoms with E-state index in [0.717, 1.165) is 0 Å². The third-order valence-electron chi connectivity index (χ3n) is 1.11. The second-order valence-corrected chi connectivity index (χ2v) is 1.95. The van der Waals surface area contributed by atoms with Gasteiger partial charge in [0.05, 0.1) is 0 Å². The zero-order chi connectivity index (χ0) is 8.27. The van der Waals surface area contributed by atoms with Crippen molar-refractivity contribution in [3.05, 3.63) is 24.3 Å². The second kappa shape index (κ2) is 6.39. The van der Waals surface area contributed by atoms with Gasteiger partial charge in [0, 0.05) is 0 Å². The molecule has 6 heteroatoms. The molecule has 0 amide bonds. The molecule has 2 N–H and O–H groups in total. The van der Waals surface area contributed by atoms with E-state index in [9.17, 15) is 8.78 Å². The van der Waals surface area contributed by atoms with Crippen LogP contribution in [0.2, 0.25) is 0 Å². The molecule has 0 atom stereocenters. The maximum atomic E-state index is 11.6. The molecule has 1 aromatic rings. The molecular weight excluding hydrogens is 181 g/mol. The number of halogens is 2. The van der Waals surface area contributed by atoms with E-state index in [0.29, 0.717) is 5.46 Å². The summed E-state index contributed by atoms with van der Waals surface area (Å²) in [7, 11) is 5.31. The normalized spacial score (nSPS) is 8.69. The Bertz CT molecular complexity index is 228. The molecule has 0 aliphatic heterocycles. The molecule has 0 aromatic heterocycles. The summed E-state index contributed by atoms with van der Waals surface area (Å²) in [6, 6.07) is 5.78. The molecule has 0 fully saturated rings. The quantitative estimate of drug-likeness (QED) is 0.642. The Morgan fingerprint density at radius 1 is 1.08 bits per heavy atom. The van der Waals surface area contributed by atoms with Gasteiger partial charge >= 0.3 is 63.5 Å². The molecule has 0 saturated carbocycles. The fourth-order valence-electron chi connectivity index (χ4n) is 0.649. The van der Waals surface area contributed by atoms with Crippen LogP contribution < -0.4 is 10.2 Å². The van der Waals surface area contributed by atoms with Gasteiger partial charge < -0.3 is 11.0 Å².